The molecule has 2 unspecified atom stereocenters. The summed E-state index contributed by atoms with van der Waals surface area (Å²) in [6.45, 7) is 2.23. The van der Waals surface area contributed by atoms with Crippen LogP contribution in [-0.4, -0.2) is 16.9 Å². The predicted octanol–water partition coefficient (Wildman–Crippen LogP) is 2.80. The summed E-state index contributed by atoms with van der Waals surface area (Å²) in [5.74, 6) is 0.659. The average molecular weight is 275 g/mol. The second-order valence-corrected chi connectivity index (χ2v) is 6.36. The zero-order valence-corrected chi connectivity index (χ0v) is 11.7. The lowest BCUT2D eigenvalue weighted by Gasteiger charge is -2.11. The summed E-state index contributed by atoms with van der Waals surface area (Å²) in [6.07, 6.45) is 6.78. The molecule has 2 heterocycles. The van der Waals surface area contributed by atoms with Gasteiger partial charge >= 0.3 is 0 Å². The topological polar surface area (TPSA) is 68.0 Å². The van der Waals surface area contributed by atoms with Crippen LogP contribution in [0.2, 0.25) is 0 Å². The van der Waals surface area contributed by atoms with Crippen LogP contribution in [0.1, 0.15) is 35.9 Å². The maximum Gasteiger partial charge on any atom is 0.263 e. The van der Waals surface area contributed by atoms with Crippen molar-refractivity contribution in [3.05, 3.63) is 23.3 Å². The lowest BCUT2D eigenvalue weighted by atomic mass is 10.1. The molecule has 100 valence electrons. The zero-order chi connectivity index (χ0) is 13.4. The second kappa shape index (κ2) is 4.81. The van der Waals surface area contributed by atoms with E-state index in [1.165, 1.54) is 17.8 Å². The number of nitrogens with one attached hydrogen (secondary N) is 1. The van der Waals surface area contributed by atoms with Gasteiger partial charge in [0.05, 0.1) is 10.4 Å². The largest absolute Gasteiger partial charge is 0.397 e. The first-order valence-corrected chi connectivity index (χ1v) is 7.39. The van der Waals surface area contributed by atoms with E-state index >= 15 is 0 Å². The van der Waals surface area contributed by atoms with Gasteiger partial charge in [0, 0.05) is 23.8 Å². The van der Waals surface area contributed by atoms with Crippen LogP contribution in [0.4, 0.5) is 5.69 Å². The molecule has 3 rings (SSSR count). The van der Waals surface area contributed by atoms with Crippen molar-refractivity contribution in [2.45, 2.75) is 32.2 Å². The molecule has 1 aliphatic rings. The number of anilines is 1. The smallest absolute Gasteiger partial charge is 0.263 e. The quantitative estimate of drug-likeness (QED) is 0.885. The Hall–Kier alpha value is -1.62. The molecule has 1 aliphatic carbocycles. The van der Waals surface area contributed by atoms with Crippen LogP contribution in [0.15, 0.2) is 18.5 Å². The van der Waals surface area contributed by atoms with Gasteiger partial charge in [0.1, 0.15) is 4.88 Å². The lowest BCUT2D eigenvalue weighted by Crippen LogP contribution is -2.32. The number of fused-ring (bicyclic) bond motifs is 1. The zero-order valence-electron chi connectivity index (χ0n) is 10.8. The maximum absolute atomic E-state index is 12.3. The molecule has 1 saturated carbocycles. The van der Waals surface area contributed by atoms with E-state index in [1.54, 1.807) is 12.4 Å². The summed E-state index contributed by atoms with van der Waals surface area (Å²) >= 11 is 1.42. The predicted molar refractivity (Wildman–Crippen MR) is 78.3 cm³/mol. The van der Waals surface area contributed by atoms with Crippen LogP contribution in [0.5, 0.6) is 0 Å². The SMILES string of the molecule is CC1CCC(NC(=O)c2sc3cnccc3c2N)C1. The average Bonchev–Trinajstić information content (AvgIpc) is 2.94. The number of aromatic nitrogens is 1. The number of nitrogen functional groups attached to an aromatic ring is 1. The van der Waals surface area contributed by atoms with Crippen molar-refractivity contribution in [3.63, 3.8) is 0 Å². The van der Waals surface area contributed by atoms with Crippen LogP contribution in [0.25, 0.3) is 10.1 Å². The summed E-state index contributed by atoms with van der Waals surface area (Å²) < 4.78 is 0.963. The van der Waals surface area contributed by atoms with Crippen molar-refractivity contribution in [3.8, 4) is 0 Å². The highest BCUT2D eigenvalue weighted by molar-refractivity contribution is 7.21. The summed E-state index contributed by atoms with van der Waals surface area (Å²) in [6, 6.07) is 2.15. The minimum absolute atomic E-state index is 0.0437. The molecular weight excluding hydrogens is 258 g/mol. The van der Waals surface area contributed by atoms with Gasteiger partial charge in [-0.3, -0.25) is 9.78 Å². The number of carbonyl (C=O) groups is 1. The molecule has 4 nitrogen and oxygen atoms in total. The Morgan fingerprint density at radius 2 is 2.37 bits per heavy atom. The third-order valence-corrected chi connectivity index (χ3v) is 4.92. The fourth-order valence-electron chi connectivity index (χ4n) is 2.73. The van der Waals surface area contributed by atoms with Gasteiger partial charge in [-0.25, -0.2) is 0 Å². The standard InChI is InChI=1S/C14H17N3OS/c1-8-2-3-9(6-8)17-14(18)13-12(15)10-4-5-16-7-11(10)19-13/h4-5,7-9H,2-3,6,15H2,1H3,(H,17,18). The Morgan fingerprint density at radius 1 is 1.53 bits per heavy atom. The van der Waals surface area contributed by atoms with Crippen LogP contribution in [0.3, 0.4) is 0 Å². The number of amides is 1. The summed E-state index contributed by atoms with van der Waals surface area (Å²) in [5.41, 5.74) is 6.64. The molecule has 0 saturated heterocycles. The van der Waals surface area contributed by atoms with Crippen molar-refractivity contribution in [1.29, 1.82) is 0 Å². The van der Waals surface area contributed by atoms with Crippen molar-refractivity contribution < 1.29 is 4.79 Å². The Labute approximate surface area is 116 Å². The number of hydrogen-bond acceptors (Lipinski definition) is 4. The van der Waals surface area contributed by atoms with Crippen LogP contribution in [0, 0.1) is 5.92 Å². The molecule has 0 radical (unpaired) electrons. The minimum atomic E-state index is -0.0437. The summed E-state index contributed by atoms with van der Waals surface area (Å²) in [5, 5.41) is 4.02. The first-order chi connectivity index (χ1) is 9.15. The highest BCUT2D eigenvalue weighted by Gasteiger charge is 2.25. The van der Waals surface area contributed by atoms with E-state index in [2.05, 4.69) is 17.2 Å². The monoisotopic (exact) mass is 275 g/mol. The van der Waals surface area contributed by atoms with Crippen molar-refractivity contribution in [2.24, 2.45) is 5.92 Å². The Morgan fingerprint density at radius 3 is 3.05 bits per heavy atom. The van der Waals surface area contributed by atoms with E-state index in [4.69, 9.17) is 5.73 Å². The van der Waals surface area contributed by atoms with Crippen LogP contribution < -0.4 is 11.1 Å². The number of nitrogens with two attached hydrogens (primary N) is 1. The van der Waals surface area contributed by atoms with Gasteiger partial charge in [0.25, 0.3) is 5.91 Å². The molecule has 1 amide bonds. The Kier molecular flexibility index (Phi) is 3.14. The van der Waals surface area contributed by atoms with Gasteiger partial charge in [0.2, 0.25) is 0 Å². The number of nitrogens with zero attached hydrogens (tertiary/aromatic N) is 1. The Bertz CT molecular complexity index is 622. The summed E-state index contributed by atoms with van der Waals surface area (Å²) in [7, 11) is 0. The molecule has 0 spiro atoms. The third-order valence-electron chi connectivity index (χ3n) is 3.77. The molecule has 0 aliphatic heterocycles. The van der Waals surface area contributed by atoms with E-state index in [1.807, 2.05) is 6.07 Å². The van der Waals surface area contributed by atoms with Crippen LogP contribution in [-0.2, 0) is 0 Å². The van der Waals surface area contributed by atoms with Gasteiger partial charge in [-0.05, 0) is 31.2 Å². The highest BCUT2D eigenvalue weighted by Crippen LogP contribution is 2.33. The Balaban J connectivity index is 1.83. The van der Waals surface area contributed by atoms with E-state index in [9.17, 15) is 4.79 Å². The fraction of sp³-hybridized carbons (Fsp3) is 0.429. The molecule has 2 aromatic rings. The maximum atomic E-state index is 12.3. The van der Waals surface area contributed by atoms with Gasteiger partial charge in [-0.2, -0.15) is 0 Å². The molecule has 0 aromatic carbocycles. The van der Waals surface area contributed by atoms with Gasteiger partial charge in [-0.1, -0.05) is 6.92 Å². The normalized spacial score (nSPS) is 22.8. The van der Waals surface area contributed by atoms with Crippen LogP contribution >= 0.6 is 11.3 Å². The van der Waals surface area contributed by atoms with Gasteiger partial charge in [-0.15, -0.1) is 11.3 Å². The van der Waals surface area contributed by atoms with Gasteiger partial charge in [0.15, 0.2) is 0 Å². The molecule has 19 heavy (non-hydrogen) atoms. The molecule has 3 N–H and O–H groups in total. The van der Waals surface area contributed by atoms with E-state index in [0.717, 1.165) is 22.9 Å². The number of hydrogen-bond donors (Lipinski definition) is 2. The highest BCUT2D eigenvalue weighted by atomic mass is 32.1. The minimum Gasteiger partial charge on any atom is -0.397 e. The van der Waals surface area contributed by atoms with E-state index in [-0.39, 0.29) is 5.91 Å². The fourth-order valence-corrected chi connectivity index (χ4v) is 3.72. The molecule has 2 atom stereocenters. The first kappa shape index (κ1) is 12.4. The van der Waals surface area contributed by atoms with Crippen molar-refractivity contribution in [1.82, 2.24) is 10.3 Å². The molecule has 1 fully saturated rings. The van der Waals surface area contributed by atoms with Crippen molar-refractivity contribution in [2.75, 3.05) is 5.73 Å². The molecular formula is C14H17N3OS. The van der Waals surface area contributed by atoms with Gasteiger partial charge < -0.3 is 11.1 Å². The number of rotatable bonds is 2. The molecule has 2 aromatic heterocycles. The molecule has 5 heteroatoms. The number of thiophene rings is 1. The second-order valence-electron chi connectivity index (χ2n) is 5.31. The number of carbonyl (C=O) groups excluding carboxylic acids is 1. The third kappa shape index (κ3) is 2.30. The first-order valence-electron chi connectivity index (χ1n) is 6.58. The number of pyridine rings is 1. The lowest BCUT2D eigenvalue weighted by molar-refractivity contribution is 0.0942. The van der Waals surface area contributed by atoms with E-state index < -0.39 is 0 Å². The summed E-state index contributed by atoms with van der Waals surface area (Å²) in [4.78, 5) is 17.0. The van der Waals surface area contributed by atoms with Crippen molar-refractivity contribution >= 4 is 33.0 Å². The van der Waals surface area contributed by atoms with E-state index in [0.29, 0.717) is 22.5 Å². The molecule has 0 bridgehead atoms.